The van der Waals surface area contributed by atoms with Crippen LogP contribution in [0.5, 0.6) is 0 Å². The van der Waals surface area contributed by atoms with Crippen molar-refractivity contribution in [1.29, 1.82) is 0 Å². The van der Waals surface area contributed by atoms with E-state index in [1.54, 1.807) is 0 Å². The topological polar surface area (TPSA) is 63.3 Å². The third-order valence-corrected chi connectivity index (χ3v) is 1.20. The second kappa shape index (κ2) is 2.75. The van der Waals surface area contributed by atoms with E-state index >= 15 is 0 Å². The number of carboxylic acid groups (broad SMARTS) is 1. The van der Waals surface area contributed by atoms with Gasteiger partial charge in [-0.1, -0.05) is 0 Å². The average molecular weight is 195 g/mol. The van der Waals surface area contributed by atoms with E-state index in [1.165, 1.54) is 0 Å². The Bertz CT molecular complexity index is 341. The Morgan fingerprint density at radius 3 is 2.38 bits per heavy atom. The highest BCUT2D eigenvalue weighted by Crippen LogP contribution is 2.31. The van der Waals surface area contributed by atoms with Gasteiger partial charge in [-0.25, -0.2) is 9.78 Å². The van der Waals surface area contributed by atoms with Crippen molar-refractivity contribution < 1.29 is 27.5 Å². The monoisotopic (exact) mass is 195 g/mol. The maximum atomic E-state index is 12.0. The molecule has 1 rings (SSSR count). The second-order valence-corrected chi connectivity index (χ2v) is 2.21. The Balaban J connectivity index is 3.28. The van der Waals surface area contributed by atoms with Crippen LogP contribution in [0.1, 0.15) is 22.1 Å². The molecule has 0 amide bonds. The number of aryl methyl sites for hydroxylation is 1. The number of nitrogens with zero attached hydrogens (tertiary/aromatic N) is 1. The Hall–Kier alpha value is -1.53. The molecule has 0 radical (unpaired) electrons. The third kappa shape index (κ3) is 1.79. The summed E-state index contributed by atoms with van der Waals surface area (Å²) in [6.45, 7) is 1.14. The Morgan fingerprint density at radius 2 is 2.08 bits per heavy atom. The van der Waals surface area contributed by atoms with E-state index in [2.05, 4.69) is 9.40 Å². The summed E-state index contributed by atoms with van der Waals surface area (Å²) in [7, 11) is 0. The van der Waals surface area contributed by atoms with E-state index in [1.807, 2.05) is 0 Å². The molecule has 0 bridgehead atoms. The molecule has 0 spiro atoms. The molecule has 0 atom stereocenters. The zero-order valence-electron chi connectivity index (χ0n) is 6.34. The Morgan fingerprint density at radius 1 is 1.54 bits per heavy atom. The fourth-order valence-corrected chi connectivity index (χ4v) is 0.764. The summed E-state index contributed by atoms with van der Waals surface area (Å²) in [6.07, 6.45) is -4.80. The SMILES string of the molecule is Cc1nc(C(F)(F)F)c(C(=O)O)o1. The number of alkyl halides is 3. The van der Waals surface area contributed by atoms with Gasteiger partial charge in [0.2, 0.25) is 5.76 Å². The smallest absolute Gasteiger partial charge is 0.437 e. The van der Waals surface area contributed by atoms with Gasteiger partial charge < -0.3 is 9.52 Å². The number of hydrogen-bond acceptors (Lipinski definition) is 3. The largest absolute Gasteiger partial charge is 0.475 e. The molecule has 0 saturated heterocycles. The van der Waals surface area contributed by atoms with Crippen LogP contribution in [0.4, 0.5) is 13.2 Å². The Kier molecular flexibility index (Phi) is 2.02. The molecule has 13 heavy (non-hydrogen) atoms. The molecule has 1 heterocycles. The Labute approximate surface area is 70.0 Å². The van der Waals surface area contributed by atoms with Crippen molar-refractivity contribution in [3.63, 3.8) is 0 Å². The quantitative estimate of drug-likeness (QED) is 0.740. The van der Waals surface area contributed by atoms with Crippen LogP contribution in [0.15, 0.2) is 4.42 Å². The molecule has 0 aromatic carbocycles. The van der Waals surface area contributed by atoms with E-state index in [9.17, 15) is 18.0 Å². The van der Waals surface area contributed by atoms with Crippen molar-refractivity contribution in [3.8, 4) is 0 Å². The lowest BCUT2D eigenvalue weighted by Crippen LogP contribution is -2.11. The lowest BCUT2D eigenvalue weighted by atomic mass is 10.3. The van der Waals surface area contributed by atoms with Crippen molar-refractivity contribution >= 4 is 5.97 Å². The molecule has 0 saturated carbocycles. The third-order valence-electron chi connectivity index (χ3n) is 1.20. The molecule has 4 nitrogen and oxygen atoms in total. The number of rotatable bonds is 1. The van der Waals surface area contributed by atoms with Crippen molar-refractivity contribution in [2.45, 2.75) is 13.1 Å². The number of aromatic carboxylic acids is 1. The highest BCUT2D eigenvalue weighted by Gasteiger charge is 2.40. The van der Waals surface area contributed by atoms with Crippen molar-refractivity contribution in [1.82, 2.24) is 4.98 Å². The van der Waals surface area contributed by atoms with Gasteiger partial charge in [-0.2, -0.15) is 13.2 Å². The summed E-state index contributed by atoms with van der Waals surface area (Å²) in [5.74, 6) is -3.29. The molecule has 0 fully saturated rings. The average Bonchev–Trinajstić information content (AvgIpc) is 2.29. The molecular weight excluding hydrogens is 191 g/mol. The molecule has 0 aliphatic carbocycles. The zero-order valence-corrected chi connectivity index (χ0v) is 6.34. The molecule has 0 aliphatic heterocycles. The summed E-state index contributed by atoms with van der Waals surface area (Å²) in [6, 6.07) is 0. The highest BCUT2D eigenvalue weighted by atomic mass is 19.4. The molecule has 7 heteroatoms. The van der Waals surface area contributed by atoms with Gasteiger partial charge in [0.05, 0.1) is 0 Å². The fourth-order valence-electron chi connectivity index (χ4n) is 0.764. The number of aromatic nitrogens is 1. The number of hydrogen-bond donors (Lipinski definition) is 1. The van der Waals surface area contributed by atoms with Crippen molar-refractivity contribution in [2.24, 2.45) is 0 Å². The molecule has 72 valence electrons. The lowest BCUT2D eigenvalue weighted by Gasteiger charge is -2.00. The molecule has 1 N–H and O–H groups in total. The predicted octanol–water partition coefficient (Wildman–Crippen LogP) is 1.70. The van der Waals surface area contributed by atoms with Gasteiger partial charge in [0.15, 0.2) is 11.6 Å². The van der Waals surface area contributed by atoms with Crippen molar-refractivity contribution in [3.05, 3.63) is 17.3 Å². The van der Waals surface area contributed by atoms with Crippen LogP contribution in [0.25, 0.3) is 0 Å². The first-order valence-electron chi connectivity index (χ1n) is 3.10. The van der Waals surface area contributed by atoms with Crippen LogP contribution in [0, 0.1) is 6.92 Å². The summed E-state index contributed by atoms with van der Waals surface area (Å²) in [5, 5.41) is 8.31. The van der Waals surface area contributed by atoms with Gasteiger partial charge in [0.1, 0.15) is 0 Å². The maximum Gasteiger partial charge on any atom is 0.437 e. The fraction of sp³-hybridized carbons (Fsp3) is 0.333. The first kappa shape index (κ1) is 9.56. The first-order valence-corrected chi connectivity index (χ1v) is 3.10. The lowest BCUT2D eigenvalue weighted by molar-refractivity contribution is -0.141. The number of carbonyl (C=O) groups is 1. The predicted molar refractivity (Wildman–Crippen MR) is 33.2 cm³/mol. The second-order valence-electron chi connectivity index (χ2n) is 2.21. The molecule has 0 unspecified atom stereocenters. The van der Waals surface area contributed by atoms with Gasteiger partial charge in [-0.15, -0.1) is 0 Å². The highest BCUT2D eigenvalue weighted by molar-refractivity contribution is 5.85. The van der Waals surface area contributed by atoms with E-state index < -0.39 is 23.6 Å². The summed E-state index contributed by atoms with van der Waals surface area (Å²) in [4.78, 5) is 13.2. The minimum atomic E-state index is -4.80. The summed E-state index contributed by atoms with van der Waals surface area (Å²) < 4.78 is 40.4. The molecule has 0 aliphatic rings. The van der Waals surface area contributed by atoms with Crippen LogP contribution >= 0.6 is 0 Å². The van der Waals surface area contributed by atoms with E-state index in [0.717, 1.165) is 6.92 Å². The molecular formula is C6H4F3NO3. The van der Waals surface area contributed by atoms with Crippen LogP contribution in [-0.4, -0.2) is 16.1 Å². The van der Waals surface area contributed by atoms with Gasteiger partial charge >= 0.3 is 12.1 Å². The van der Waals surface area contributed by atoms with E-state index in [4.69, 9.17) is 5.11 Å². The summed E-state index contributed by atoms with van der Waals surface area (Å²) >= 11 is 0. The van der Waals surface area contributed by atoms with Gasteiger partial charge in [0.25, 0.3) is 0 Å². The van der Waals surface area contributed by atoms with Crippen LogP contribution in [0.2, 0.25) is 0 Å². The van der Waals surface area contributed by atoms with Crippen LogP contribution < -0.4 is 0 Å². The van der Waals surface area contributed by atoms with Crippen LogP contribution in [0.3, 0.4) is 0 Å². The standard InChI is InChI=1S/C6H4F3NO3/c1-2-10-4(6(7,8)9)3(13-2)5(11)12/h1H3,(H,11,12). The zero-order chi connectivity index (χ0) is 10.2. The van der Waals surface area contributed by atoms with E-state index in [0.29, 0.717) is 0 Å². The molecule has 1 aromatic heterocycles. The number of oxazole rings is 1. The number of carboxylic acids is 1. The first-order chi connectivity index (χ1) is 5.82. The van der Waals surface area contributed by atoms with Gasteiger partial charge in [-0.05, 0) is 0 Å². The minimum Gasteiger partial charge on any atom is -0.475 e. The normalized spacial score (nSPS) is 11.7. The summed E-state index contributed by atoms with van der Waals surface area (Å²) in [5.41, 5.74) is -1.50. The van der Waals surface area contributed by atoms with Crippen LogP contribution in [-0.2, 0) is 6.18 Å². The van der Waals surface area contributed by atoms with Gasteiger partial charge in [0, 0.05) is 6.92 Å². The van der Waals surface area contributed by atoms with Crippen molar-refractivity contribution in [2.75, 3.05) is 0 Å². The minimum absolute atomic E-state index is 0.329. The maximum absolute atomic E-state index is 12.0. The van der Waals surface area contributed by atoms with Gasteiger partial charge in [-0.3, -0.25) is 0 Å². The number of halogens is 3. The van der Waals surface area contributed by atoms with E-state index in [-0.39, 0.29) is 5.89 Å². The molecule has 1 aromatic rings.